The van der Waals surface area contributed by atoms with Crippen molar-refractivity contribution < 1.29 is 18.3 Å². The molecule has 1 N–H and O–H groups in total. The Morgan fingerprint density at radius 3 is 2.42 bits per heavy atom. The Kier molecular flexibility index (Phi) is 5.58. The fraction of sp³-hybridized carbons (Fsp3) is 0.316. The second kappa shape index (κ2) is 7.88. The fourth-order valence-corrected chi connectivity index (χ4v) is 4.43. The van der Waals surface area contributed by atoms with Crippen LogP contribution in [0.25, 0.3) is 0 Å². The summed E-state index contributed by atoms with van der Waals surface area (Å²) < 4.78 is 31.9. The van der Waals surface area contributed by atoms with Crippen molar-refractivity contribution in [2.75, 3.05) is 20.2 Å². The summed E-state index contributed by atoms with van der Waals surface area (Å²) in [7, 11) is -1.95. The normalized spacial score (nSPS) is 16.0. The highest BCUT2D eigenvalue weighted by atomic mass is 32.2. The van der Waals surface area contributed by atoms with Crippen LogP contribution in [-0.2, 0) is 10.0 Å². The van der Waals surface area contributed by atoms with Gasteiger partial charge in [-0.05, 0) is 49.2 Å². The molecule has 6 nitrogen and oxygen atoms in total. The molecule has 138 valence electrons. The van der Waals surface area contributed by atoms with Crippen LogP contribution in [0, 0.1) is 0 Å². The van der Waals surface area contributed by atoms with Gasteiger partial charge in [0.25, 0.3) is 0 Å². The van der Waals surface area contributed by atoms with Crippen LogP contribution in [0.15, 0.2) is 52.4 Å². The van der Waals surface area contributed by atoms with Crippen LogP contribution in [-0.4, -0.2) is 44.2 Å². The number of piperidine rings is 1. The molecule has 0 aliphatic carbocycles. The van der Waals surface area contributed by atoms with Gasteiger partial charge in [0.05, 0.1) is 17.7 Å². The highest BCUT2D eigenvalue weighted by Gasteiger charge is 2.25. The van der Waals surface area contributed by atoms with Crippen LogP contribution in [0.1, 0.15) is 24.8 Å². The summed E-state index contributed by atoms with van der Waals surface area (Å²) in [4.78, 5) is 4.58. The van der Waals surface area contributed by atoms with Gasteiger partial charge >= 0.3 is 0 Å². The second-order valence-corrected chi connectivity index (χ2v) is 8.05. The maximum atomic E-state index is 12.6. The minimum absolute atomic E-state index is 0.0167. The molecule has 1 fully saturated rings. The maximum absolute atomic E-state index is 12.6. The fourth-order valence-electron chi connectivity index (χ4n) is 2.91. The maximum Gasteiger partial charge on any atom is 0.243 e. The number of aliphatic imine (C=N–C) groups is 1. The zero-order chi connectivity index (χ0) is 18.6. The van der Waals surface area contributed by atoms with E-state index in [0.717, 1.165) is 19.3 Å². The molecule has 2 aromatic carbocycles. The van der Waals surface area contributed by atoms with E-state index in [1.165, 1.54) is 13.3 Å². The van der Waals surface area contributed by atoms with E-state index < -0.39 is 10.0 Å². The topological polar surface area (TPSA) is 79.2 Å². The van der Waals surface area contributed by atoms with Crippen LogP contribution >= 0.6 is 0 Å². The molecule has 0 spiro atoms. The number of para-hydroxylation sites is 1. The SMILES string of the molecule is COc1cccc(C=Nc2ccc(S(=O)(=O)N3CCCCC3)cc2)c1O. The highest BCUT2D eigenvalue weighted by molar-refractivity contribution is 7.89. The lowest BCUT2D eigenvalue weighted by Gasteiger charge is -2.25. The average Bonchev–Trinajstić information content (AvgIpc) is 2.68. The van der Waals surface area contributed by atoms with E-state index in [-0.39, 0.29) is 10.6 Å². The van der Waals surface area contributed by atoms with Crippen molar-refractivity contribution in [3.05, 3.63) is 48.0 Å². The monoisotopic (exact) mass is 374 g/mol. The third-order valence-electron chi connectivity index (χ3n) is 4.39. The molecule has 1 aliphatic rings. The predicted octanol–water partition coefficient (Wildman–Crippen LogP) is 3.33. The third kappa shape index (κ3) is 3.89. The van der Waals surface area contributed by atoms with Gasteiger partial charge in [0.15, 0.2) is 11.5 Å². The number of sulfonamides is 1. The summed E-state index contributed by atoms with van der Waals surface area (Å²) in [5.41, 5.74) is 1.12. The Hall–Kier alpha value is -2.38. The first-order chi connectivity index (χ1) is 12.5. The summed E-state index contributed by atoms with van der Waals surface area (Å²) in [5, 5.41) is 10.1. The molecular weight excluding hydrogens is 352 g/mol. The van der Waals surface area contributed by atoms with Gasteiger partial charge in [-0.1, -0.05) is 12.5 Å². The quantitative estimate of drug-likeness (QED) is 0.814. The summed E-state index contributed by atoms with van der Waals surface area (Å²) >= 11 is 0. The number of phenols is 1. The zero-order valence-corrected chi connectivity index (χ0v) is 15.4. The first-order valence-electron chi connectivity index (χ1n) is 8.52. The molecule has 1 heterocycles. The molecule has 0 atom stereocenters. The second-order valence-electron chi connectivity index (χ2n) is 6.11. The van der Waals surface area contributed by atoms with Crippen LogP contribution in [0.3, 0.4) is 0 Å². The Morgan fingerprint density at radius 1 is 1.08 bits per heavy atom. The number of hydrogen-bond donors (Lipinski definition) is 1. The molecule has 0 aromatic heterocycles. The first kappa shape index (κ1) is 18.4. The van der Waals surface area contributed by atoms with E-state index in [9.17, 15) is 13.5 Å². The van der Waals surface area contributed by atoms with Gasteiger partial charge in [-0.2, -0.15) is 4.31 Å². The zero-order valence-electron chi connectivity index (χ0n) is 14.6. The Morgan fingerprint density at radius 2 is 1.77 bits per heavy atom. The first-order valence-corrected chi connectivity index (χ1v) is 9.96. The lowest BCUT2D eigenvalue weighted by molar-refractivity contribution is 0.346. The number of phenolic OH excluding ortho intramolecular Hbond substituents is 1. The van der Waals surface area contributed by atoms with Crippen molar-refractivity contribution in [2.45, 2.75) is 24.2 Å². The van der Waals surface area contributed by atoms with Gasteiger partial charge in [-0.25, -0.2) is 8.42 Å². The van der Waals surface area contributed by atoms with Gasteiger partial charge in [0.1, 0.15) is 0 Å². The van der Waals surface area contributed by atoms with Crippen LogP contribution in [0.5, 0.6) is 11.5 Å². The van der Waals surface area contributed by atoms with Gasteiger partial charge in [0.2, 0.25) is 10.0 Å². The van der Waals surface area contributed by atoms with Crippen molar-refractivity contribution in [2.24, 2.45) is 4.99 Å². The summed E-state index contributed by atoms with van der Waals surface area (Å²) in [6, 6.07) is 11.6. The van der Waals surface area contributed by atoms with Gasteiger partial charge < -0.3 is 9.84 Å². The van der Waals surface area contributed by atoms with E-state index >= 15 is 0 Å². The van der Waals surface area contributed by atoms with E-state index in [2.05, 4.69) is 4.99 Å². The minimum Gasteiger partial charge on any atom is -0.504 e. The van der Waals surface area contributed by atoms with E-state index in [1.54, 1.807) is 46.8 Å². The summed E-state index contributed by atoms with van der Waals surface area (Å²) in [6.45, 7) is 1.16. The van der Waals surface area contributed by atoms with Crippen LogP contribution < -0.4 is 4.74 Å². The van der Waals surface area contributed by atoms with Crippen molar-refractivity contribution >= 4 is 21.9 Å². The standard InChI is InChI=1S/C19H22N2O4S/c1-25-18-7-5-6-15(19(18)22)14-20-16-8-10-17(11-9-16)26(23,24)21-12-3-2-4-13-21/h5-11,14,22H,2-4,12-13H2,1H3. The molecule has 0 saturated carbocycles. The van der Waals surface area contributed by atoms with Gasteiger partial charge in [0, 0.05) is 24.9 Å². The number of nitrogens with zero attached hydrogens (tertiary/aromatic N) is 2. The van der Waals surface area contributed by atoms with E-state index in [1.807, 2.05) is 0 Å². The number of aromatic hydroxyl groups is 1. The molecule has 26 heavy (non-hydrogen) atoms. The van der Waals surface area contributed by atoms with E-state index in [0.29, 0.717) is 30.1 Å². The number of ether oxygens (including phenoxy) is 1. The minimum atomic E-state index is -3.44. The Bertz CT molecular complexity index is 886. The predicted molar refractivity (Wildman–Crippen MR) is 101 cm³/mol. The van der Waals surface area contributed by atoms with Gasteiger partial charge in [-0.15, -0.1) is 0 Å². The molecule has 7 heteroatoms. The molecule has 0 amide bonds. The summed E-state index contributed by atoms with van der Waals surface area (Å²) in [6.07, 6.45) is 4.42. The van der Waals surface area contributed by atoms with Crippen molar-refractivity contribution in [1.82, 2.24) is 4.31 Å². The summed E-state index contributed by atoms with van der Waals surface area (Å²) in [5.74, 6) is 0.389. The number of hydrogen-bond acceptors (Lipinski definition) is 5. The molecule has 0 bridgehead atoms. The molecule has 1 saturated heterocycles. The van der Waals surface area contributed by atoms with Crippen LogP contribution in [0.4, 0.5) is 5.69 Å². The average molecular weight is 374 g/mol. The van der Waals surface area contributed by atoms with Crippen LogP contribution in [0.2, 0.25) is 0 Å². The Balaban J connectivity index is 1.78. The highest BCUT2D eigenvalue weighted by Crippen LogP contribution is 2.29. The number of benzene rings is 2. The number of rotatable bonds is 5. The van der Waals surface area contributed by atoms with E-state index in [4.69, 9.17) is 4.74 Å². The van der Waals surface area contributed by atoms with Crippen molar-refractivity contribution in [3.8, 4) is 11.5 Å². The smallest absolute Gasteiger partial charge is 0.243 e. The molecule has 2 aromatic rings. The molecule has 1 aliphatic heterocycles. The largest absolute Gasteiger partial charge is 0.504 e. The van der Waals surface area contributed by atoms with Crippen molar-refractivity contribution in [1.29, 1.82) is 0 Å². The lowest BCUT2D eigenvalue weighted by atomic mass is 10.2. The molecular formula is C19H22N2O4S. The Labute approximate surface area is 153 Å². The molecule has 0 radical (unpaired) electrons. The molecule has 3 rings (SSSR count). The lowest BCUT2D eigenvalue weighted by Crippen LogP contribution is -2.35. The van der Waals surface area contributed by atoms with Crippen molar-refractivity contribution in [3.63, 3.8) is 0 Å². The van der Waals surface area contributed by atoms with Gasteiger partial charge in [-0.3, -0.25) is 4.99 Å². The number of methoxy groups -OCH3 is 1. The molecule has 0 unspecified atom stereocenters. The third-order valence-corrected chi connectivity index (χ3v) is 6.31.